The molecule has 92 valence electrons. The Hall–Kier alpha value is -0.930. The summed E-state index contributed by atoms with van der Waals surface area (Å²) < 4.78 is 5.55. The molecule has 1 aliphatic carbocycles. The van der Waals surface area contributed by atoms with Gasteiger partial charge in [0.25, 0.3) is 0 Å². The van der Waals surface area contributed by atoms with E-state index < -0.39 is 0 Å². The highest BCUT2D eigenvalue weighted by atomic mass is 16.5. The average Bonchev–Trinajstić information content (AvgIpc) is 2.94. The quantitative estimate of drug-likeness (QED) is 0.848. The minimum atomic E-state index is -0.295. The monoisotopic (exact) mass is 233 g/mol. The van der Waals surface area contributed by atoms with Gasteiger partial charge in [-0.2, -0.15) is 0 Å². The Balaban J connectivity index is 1.78. The van der Waals surface area contributed by atoms with E-state index in [0.29, 0.717) is 12.7 Å². The van der Waals surface area contributed by atoms with Crippen molar-refractivity contribution in [2.24, 2.45) is 5.92 Å². The standard InChI is InChI=1S/C14H19NO2/c1-9-7-11(8-17-9)14(16)12-5-4-10-3-2-6-15-13(10)12/h2-3,6,9,11-12,14,16H,4-5,7-8H2,1H3. The largest absolute Gasteiger partial charge is 0.392 e. The van der Waals surface area contributed by atoms with Gasteiger partial charge in [0.1, 0.15) is 0 Å². The number of aliphatic hydroxyl groups is 1. The third-order valence-corrected chi connectivity index (χ3v) is 4.13. The zero-order valence-corrected chi connectivity index (χ0v) is 10.2. The van der Waals surface area contributed by atoms with Gasteiger partial charge in [-0.25, -0.2) is 0 Å². The summed E-state index contributed by atoms with van der Waals surface area (Å²) >= 11 is 0. The fraction of sp³-hybridized carbons (Fsp3) is 0.643. The molecule has 0 spiro atoms. The van der Waals surface area contributed by atoms with Crippen molar-refractivity contribution in [3.8, 4) is 0 Å². The van der Waals surface area contributed by atoms with Crippen LogP contribution in [0, 0.1) is 5.92 Å². The van der Waals surface area contributed by atoms with Crippen LogP contribution < -0.4 is 0 Å². The SMILES string of the molecule is CC1CC(C(O)C2CCc3cccnc32)CO1. The van der Waals surface area contributed by atoms with Crippen LogP contribution in [0.25, 0.3) is 0 Å². The Kier molecular flexibility index (Phi) is 2.89. The summed E-state index contributed by atoms with van der Waals surface area (Å²) in [7, 11) is 0. The number of hydrogen-bond acceptors (Lipinski definition) is 3. The second-order valence-corrected chi connectivity index (χ2v) is 5.32. The van der Waals surface area contributed by atoms with Gasteiger partial charge < -0.3 is 9.84 Å². The minimum absolute atomic E-state index is 0.213. The average molecular weight is 233 g/mol. The molecule has 1 aliphatic heterocycles. The Morgan fingerprint density at radius 2 is 2.41 bits per heavy atom. The Labute approximate surface area is 102 Å². The van der Waals surface area contributed by atoms with Crippen LogP contribution in [0.4, 0.5) is 0 Å². The molecule has 1 N–H and O–H groups in total. The van der Waals surface area contributed by atoms with E-state index in [1.807, 2.05) is 12.3 Å². The maximum Gasteiger partial charge on any atom is 0.0675 e. The predicted molar refractivity (Wildman–Crippen MR) is 64.8 cm³/mol. The van der Waals surface area contributed by atoms with Crippen molar-refractivity contribution in [1.82, 2.24) is 4.98 Å². The van der Waals surface area contributed by atoms with Crippen LogP contribution >= 0.6 is 0 Å². The van der Waals surface area contributed by atoms with Gasteiger partial charge in [0.15, 0.2) is 0 Å². The molecule has 1 fully saturated rings. The fourth-order valence-corrected chi connectivity index (χ4v) is 3.19. The molecule has 1 aromatic heterocycles. The van der Waals surface area contributed by atoms with E-state index >= 15 is 0 Å². The van der Waals surface area contributed by atoms with Gasteiger partial charge in [0.05, 0.1) is 18.8 Å². The highest BCUT2D eigenvalue weighted by molar-refractivity contribution is 5.29. The first-order chi connectivity index (χ1) is 8.25. The second-order valence-electron chi connectivity index (χ2n) is 5.32. The number of pyridine rings is 1. The molecule has 0 aromatic carbocycles. The van der Waals surface area contributed by atoms with Crippen LogP contribution in [0.5, 0.6) is 0 Å². The Morgan fingerprint density at radius 1 is 1.53 bits per heavy atom. The molecule has 17 heavy (non-hydrogen) atoms. The van der Waals surface area contributed by atoms with Gasteiger partial charge in [0.2, 0.25) is 0 Å². The van der Waals surface area contributed by atoms with E-state index in [2.05, 4.69) is 18.0 Å². The van der Waals surface area contributed by atoms with Crippen LogP contribution in [0.1, 0.15) is 36.9 Å². The summed E-state index contributed by atoms with van der Waals surface area (Å²) in [5, 5.41) is 10.5. The molecule has 1 aromatic rings. The zero-order chi connectivity index (χ0) is 11.8. The molecule has 4 atom stereocenters. The molecule has 4 unspecified atom stereocenters. The van der Waals surface area contributed by atoms with Crippen LogP contribution in [0.3, 0.4) is 0 Å². The maximum atomic E-state index is 10.5. The second kappa shape index (κ2) is 4.39. The number of rotatable bonds is 2. The first-order valence-electron chi connectivity index (χ1n) is 6.49. The van der Waals surface area contributed by atoms with E-state index in [-0.39, 0.29) is 17.9 Å². The van der Waals surface area contributed by atoms with Gasteiger partial charge in [-0.15, -0.1) is 0 Å². The third-order valence-electron chi connectivity index (χ3n) is 4.13. The minimum Gasteiger partial charge on any atom is -0.392 e. The highest BCUT2D eigenvalue weighted by Crippen LogP contribution is 2.38. The summed E-state index contributed by atoms with van der Waals surface area (Å²) in [5.74, 6) is 0.494. The molecule has 2 heterocycles. The van der Waals surface area contributed by atoms with Crippen molar-refractivity contribution in [2.75, 3.05) is 6.61 Å². The van der Waals surface area contributed by atoms with Crippen LogP contribution in [-0.2, 0) is 11.2 Å². The number of fused-ring (bicyclic) bond motifs is 1. The molecule has 0 saturated carbocycles. The number of nitrogens with zero attached hydrogens (tertiary/aromatic N) is 1. The van der Waals surface area contributed by atoms with E-state index in [4.69, 9.17) is 4.74 Å². The van der Waals surface area contributed by atoms with E-state index in [1.165, 1.54) is 5.56 Å². The van der Waals surface area contributed by atoms with Crippen molar-refractivity contribution in [3.05, 3.63) is 29.6 Å². The number of aliphatic hydroxyl groups excluding tert-OH is 1. The van der Waals surface area contributed by atoms with E-state index in [9.17, 15) is 5.11 Å². The van der Waals surface area contributed by atoms with Gasteiger partial charge in [-0.1, -0.05) is 6.07 Å². The predicted octanol–water partition coefficient (Wildman–Crippen LogP) is 1.90. The van der Waals surface area contributed by atoms with E-state index in [1.54, 1.807) is 0 Å². The number of aryl methyl sites for hydroxylation is 1. The lowest BCUT2D eigenvalue weighted by Crippen LogP contribution is -2.27. The summed E-state index contributed by atoms with van der Waals surface area (Å²) in [5.41, 5.74) is 2.42. The van der Waals surface area contributed by atoms with Gasteiger partial charge >= 0.3 is 0 Å². The zero-order valence-electron chi connectivity index (χ0n) is 10.2. The Bertz CT molecular complexity index is 407. The highest BCUT2D eigenvalue weighted by Gasteiger charge is 2.37. The van der Waals surface area contributed by atoms with E-state index in [0.717, 1.165) is 25.0 Å². The molecule has 0 radical (unpaired) electrons. The van der Waals surface area contributed by atoms with Gasteiger partial charge in [0, 0.05) is 23.7 Å². The Morgan fingerprint density at radius 3 is 3.18 bits per heavy atom. The number of ether oxygens (including phenoxy) is 1. The maximum absolute atomic E-state index is 10.5. The third kappa shape index (κ3) is 1.98. The fourth-order valence-electron chi connectivity index (χ4n) is 3.19. The first kappa shape index (κ1) is 11.2. The molecule has 0 amide bonds. The molecule has 3 heteroatoms. The van der Waals surface area contributed by atoms with Gasteiger partial charge in [-0.3, -0.25) is 4.98 Å². The van der Waals surface area contributed by atoms with Crippen molar-refractivity contribution in [3.63, 3.8) is 0 Å². The van der Waals surface area contributed by atoms with Crippen molar-refractivity contribution >= 4 is 0 Å². The summed E-state index contributed by atoms with van der Waals surface area (Å²) in [6, 6.07) is 4.11. The molecule has 0 bridgehead atoms. The van der Waals surface area contributed by atoms with Crippen LogP contribution in [0.15, 0.2) is 18.3 Å². The topological polar surface area (TPSA) is 42.4 Å². The van der Waals surface area contributed by atoms with Gasteiger partial charge in [-0.05, 0) is 37.8 Å². The van der Waals surface area contributed by atoms with Crippen molar-refractivity contribution in [2.45, 2.75) is 44.3 Å². The lowest BCUT2D eigenvalue weighted by Gasteiger charge is -2.23. The number of hydrogen-bond donors (Lipinski definition) is 1. The normalized spacial score (nSPS) is 33.6. The van der Waals surface area contributed by atoms with Crippen molar-refractivity contribution < 1.29 is 9.84 Å². The first-order valence-corrected chi connectivity index (χ1v) is 6.49. The molecule has 3 rings (SSSR count). The summed E-state index contributed by atoms with van der Waals surface area (Å²) in [6.07, 6.45) is 4.87. The molecular weight excluding hydrogens is 214 g/mol. The lowest BCUT2D eigenvalue weighted by molar-refractivity contribution is 0.0625. The number of aromatic nitrogens is 1. The summed E-state index contributed by atoms with van der Waals surface area (Å²) in [4.78, 5) is 4.45. The molecule has 1 saturated heterocycles. The lowest BCUT2D eigenvalue weighted by atomic mass is 9.87. The molecule has 2 aliphatic rings. The molecular formula is C14H19NO2. The summed E-state index contributed by atoms with van der Waals surface area (Å²) in [6.45, 7) is 2.77. The van der Waals surface area contributed by atoms with Crippen LogP contribution in [0.2, 0.25) is 0 Å². The molecule has 3 nitrogen and oxygen atoms in total. The van der Waals surface area contributed by atoms with Crippen molar-refractivity contribution in [1.29, 1.82) is 0 Å². The van der Waals surface area contributed by atoms with Crippen LogP contribution in [-0.4, -0.2) is 28.9 Å². The smallest absolute Gasteiger partial charge is 0.0675 e.